The lowest BCUT2D eigenvalue weighted by molar-refractivity contribution is -0.133. The molecule has 0 bridgehead atoms. The van der Waals surface area contributed by atoms with E-state index in [9.17, 15) is 23.2 Å². The molecular weight excluding hydrogens is 380 g/mol. The van der Waals surface area contributed by atoms with Gasteiger partial charge in [-0.2, -0.15) is 0 Å². The predicted molar refractivity (Wildman–Crippen MR) is 99.8 cm³/mol. The Morgan fingerprint density at radius 3 is 2.31 bits per heavy atom. The number of hydrogen-bond acceptors (Lipinski definition) is 3. The van der Waals surface area contributed by atoms with Crippen LogP contribution in [0.1, 0.15) is 28.8 Å². The largest absolute Gasteiger partial charge is 0.338 e. The summed E-state index contributed by atoms with van der Waals surface area (Å²) in [6, 6.07) is 10.9. The summed E-state index contributed by atoms with van der Waals surface area (Å²) >= 11 is 0. The first-order chi connectivity index (χ1) is 13.9. The average Bonchev–Trinajstić information content (AvgIpc) is 2.94. The fourth-order valence-corrected chi connectivity index (χ4v) is 3.83. The van der Waals surface area contributed by atoms with Gasteiger partial charge in [-0.05, 0) is 42.7 Å². The van der Waals surface area contributed by atoms with Gasteiger partial charge in [0, 0.05) is 13.1 Å². The second-order valence-corrected chi connectivity index (χ2v) is 7.30. The maximum Gasteiger partial charge on any atom is 0.325 e. The van der Waals surface area contributed by atoms with E-state index in [4.69, 9.17) is 0 Å². The maximum absolute atomic E-state index is 13.9. The first kappa shape index (κ1) is 19.0. The molecule has 2 heterocycles. The molecule has 150 valence electrons. The molecule has 2 aromatic carbocycles. The van der Waals surface area contributed by atoms with Crippen molar-refractivity contribution in [3.05, 3.63) is 71.3 Å². The number of hydrogen-bond donors (Lipinski definition) is 1. The van der Waals surface area contributed by atoms with E-state index in [1.807, 2.05) is 0 Å². The summed E-state index contributed by atoms with van der Waals surface area (Å²) < 4.78 is 27.0. The highest BCUT2D eigenvalue weighted by molar-refractivity contribution is 6.07. The number of carbonyl (C=O) groups excluding carboxylic acids is 3. The lowest BCUT2D eigenvalue weighted by Gasteiger charge is -2.37. The van der Waals surface area contributed by atoms with E-state index >= 15 is 0 Å². The van der Waals surface area contributed by atoms with Gasteiger partial charge in [-0.15, -0.1) is 0 Å². The molecule has 0 aromatic heterocycles. The zero-order valence-corrected chi connectivity index (χ0v) is 15.5. The lowest BCUT2D eigenvalue weighted by atomic mass is 9.87. The van der Waals surface area contributed by atoms with Crippen LogP contribution in [-0.4, -0.2) is 46.3 Å². The third kappa shape index (κ3) is 3.46. The first-order valence-corrected chi connectivity index (χ1v) is 9.32. The van der Waals surface area contributed by atoms with Crippen molar-refractivity contribution >= 4 is 17.8 Å². The molecule has 2 aliphatic heterocycles. The van der Waals surface area contributed by atoms with Gasteiger partial charge in [0.25, 0.3) is 11.8 Å². The number of imide groups is 1. The van der Waals surface area contributed by atoms with Crippen molar-refractivity contribution in [2.75, 3.05) is 13.1 Å². The van der Waals surface area contributed by atoms with Crippen molar-refractivity contribution in [3.63, 3.8) is 0 Å². The molecule has 8 heteroatoms. The van der Waals surface area contributed by atoms with Gasteiger partial charge < -0.3 is 10.2 Å². The minimum Gasteiger partial charge on any atom is -0.338 e. The maximum atomic E-state index is 13.9. The number of benzene rings is 2. The van der Waals surface area contributed by atoms with Crippen molar-refractivity contribution in [2.45, 2.75) is 24.9 Å². The summed E-state index contributed by atoms with van der Waals surface area (Å²) in [7, 11) is 0. The smallest absolute Gasteiger partial charge is 0.325 e. The van der Waals surface area contributed by atoms with Crippen LogP contribution in [-0.2, 0) is 11.3 Å². The molecule has 1 spiro atoms. The number of halogens is 2. The fraction of sp³-hybridized carbons (Fsp3) is 0.286. The number of nitrogens with zero attached hydrogens (tertiary/aromatic N) is 2. The lowest BCUT2D eigenvalue weighted by Crippen LogP contribution is -2.55. The van der Waals surface area contributed by atoms with Gasteiger partial charge in [0.1, 0.15) is 17.2 Å². The Bertz CT molecular complexity index is 969. The van der Waals surface area contributed by atoms with Crippen molar-refractivity contribution in [3.8, 4) is 0 Å². The SMILES string of the molecule is O=C(c1ccccc1F)N1CCC2(CC1)NC(=O)N(Cc1ccc(F)cc1)C2=O. The molecule has 0 saturated carbocycles. The molecular formula is C21H19F2N3O3. The van der Waals surface area contributed by atoms with Crippen LogP contribution in [0.5, 0.6) is 0 Å². The second-order valence-electron chi connectivity index (χ2n) is 7.30. The van der Waals surface area contributed by atoms with E-state index in [1.165, 1.54) is 47.4 Å². The topological polar surface area (TPSA) is 69.7 Å². The first-order valence-electron chi connectivity index (χ1n) is 9.32. The van der Waals surface area contributed by atoms with Crippen LogP contribution >= 0.6 is 0 Å². The molecule has 0 radical (unpaired) electrons. The van der Waals surface area contributed by atoms with Crippen molar-refractivity contribution in [1.82, 2.24) is 15.1 Å². The van der Waals surface area contributed by atoms with Crippen LogP contribution in [0.25, 0.3) is 0 Å². The van der Waals surface area contributed by atoms with Gasteiger partial charge in [-0.3, -0.25) is 14.5 Å². The van der Waals surface area contributed by atoms with Gasteiger partial charge in [-0.25, -0.2) is 13.6 Å². The van der Waals surface area contributed by atoms with Crippen LogP contribution in [0, 0.1) is 11.6 Å². The fourth-order valence-electron chi connectivity index (χ4n) is 3.83. The van der Waals surface area contributed by atoms with E-state index in [2.05, 4.69) is 5.32 Å². The summed E-state index contributed by atoms with van der Waals surface area (Å²) in [5.74, 6) is -1.77. The molecule has 2 aliphatic rings. The Kier molecular flexibility index (Phi) is 4.77. The van der Waals surface area contributed by atoms with Crippen LogP contribution in [0.15, 0.2) is 48.5 Å². The molecule has 2 aromatic rings. The Morgan fingerprint density at radius 1 is 1.00 bits per heavy atom. The van der Waals surface area contributed by atoms with E-state index in [0.717, 1.165) is 4.90 Å². The minimum atomic E-state index is -1.07. The second kappa shape index (κ2) is 7.27. The Hall–Kier alpha value is -3.29. The monoisotopic (exact) mass is 399 g/mol. The third-order valence-corrected chi connectivity index (χ3v) is 5.51. The summed E-state index contributed by atoms with van der Waals surface area (Å²) in [6.45, 7) is 0.498. The van der Waals surface area contributed by atoms with Gasteiger partial charge in [0.05, 0.1) is 12.1 Å². The van der Waals surface area contributed by atoms with Gasteiger partial charge in [-0.1, -0.05) is 24.3 Å². The van der Waals surface area contributed by atoms with Crippen molar-refractivity contribution < 1.29 is 23.2 Å². The van der Waals surface area contributed by atoms with E-state index in [0.29, 0.717) is 5.56 Å². The number of rotatable bonds is 3. The van der Waals surface area contributed by atoms with E-state index in [-0.39, 0.29) is 43.9 Å². The number of urea groups is 1. The summed E-state index contributed by atoms with van der Waals surface area (Å²) in [6.07, 6.45) is 0.495. The van der Waals surface area contributed by atoms with Crippen LogP contribution in [0.2, 0.25) is 0 Å². The highest BCUT2D eigenvalue weighted by Crippen LogP contribution is 2.31. The number of carbonyl (C=O) groups is 3. The molecule has 0 atom stereocenters. The highest BCUT2D eigenvalue weighted by atomic mass is 19.1. The Morgan fingerprint density at radius 2 is 1.66 bits per heavy atom. The molecule has 29 heavy (non-hydrogen) atoms. The standard InChI is InChI=1S/C21H19F2N3O3/c22-15-7-5-14(6-8-15)13-26-19(28)21(24-20(26)29)9-11-25(12-10-21)18(27)16-3-1-2-4-17(16)23/h1-8H,9-13H2,(H,24,29). The molecule has 2 saturated heterocycles. The zero-order valence-electron chi connectivity index (χ0n) is 15.5. The van der Waals surface area contributed by atoms with Crippen molar-refractivity contribution in [1.29, 1.82) is 0 Å². The zero-order chi connectivity index (χ0) is 20.6. The third-order valence-electron chi connectivity index (χ3n) is 5.51. The number of piperidine rings is 1. The number of likely N-dealkylation sites (tertiary alicyclic amines) is 1. The van der Waals surface area contributed by atoms with Gasteiger partial charge in [0.15, 0.2) is 0 Å². The normalized spacial score (nSPS) is 18.3. The summed E-state index contributed by atoms with van der Waals surface area (Å²) in [4.78, 5) is 40.6. The van der Waals surface area contributed by atoms with Gasteiger partial charge >= 0.3 is 6.03 Å². The van der Waals surface area contributed by atoms with Crippen LogP contribution < -0.4 is 5.32 Å². The van der Waals surface area contributed by atoms with Crippen molar-refractivity contribution in [2.24, 2.45) is 0 Å². The van der Waals surface area contributed by atoms with Crippen LogP contribution in [0.3, 0.4) is 0 Å². The minimum absolute atomic E-state index is 0.0110. The molecule has 0 unspecified atom stereocenters. The summed E-state index contributed by atoms with van der Waals surface area (Å²) in [5.41, 5.74) is -0.439. The molecule has 2 fully saturated rings. The number of amides is 4. The molecule has 1 N–H and O–H groups in total. The predicted octanol–water partition coefficient (Wildman–Crippen LogP) is 2.69. The average molecular weight is 399 g/mol. The van der Waals surface area contributed by atoms with E-state index in [1.54, 1.807) is 6.07 Å². The quantitative estimate of drug-likeness (QED) is 0.807. The van der Waals surface area contributed by atoms with E-state index < -0.39 is 29.1 Å². The summed E-state index contributed by atoms with van der Waals surface area (Å²) in [5, 5.41) is 2.76. The number of nitrogens with one attached hydrogen (secondary N) is 1. The molecule has 4 rings (SSSR count). The molecule has 6 nitrogen and oxygen atoms in total. The Balaban J connectivity index is 1.44. The van der Waals surface area contributed by atoms with Crippen LogP contribution in [0.4, 0.5) is 13.6 Å². The molecule has 4 amide bonds. The molecule has 0 aliphatic carbocycles. The highest BCUT2D eigenvalue weighted by Gasteiger charge is 2.52. The van der Waals surface area contributed by atoms with Gasteiger partial charge in [0.2, 0.25) is 0 Å². The Labute approximate surface area is 166 Å².